The Hall–Kier alpha value is -2.62. The van der Waals surface area contributed by atoms with Crippen LogP contribution in [0.15, 0.2) is 52.9 Å². The first kappa shape index (κ1) is 19.1. The summed E-state index contributed by atoms with van der Waals surface area (Å²) in [5.41, 5.74) is 8.40. The molecule has 160 valence electrons. The molecule has 0 amide bonds. The first-order chi connectivity index (χ1) is 15.1. The SMILES string of the molecule is C[C@@H]1OCC2(CCN(c3ncc(Sc4ccnc5[nH]ccc45)c4nccn34)CC2)C1N. The summed E-state index contributed by atoms with van der Waals surface area (Å²) in [5.74, 6) is 0.939. The van der Waals surface area contributed by atoms with E-state index < -0.39 is 0 Å². The minimum absolute atomic E-state index is 0.100. The van der Waals surface area contributed by atoms with Crippen molar-refractivity contribution in [3.05, 3.63) is 43.1 Å². The van der Waals surface area contributed by atoms with Crippen LogP contribution in [0, 0.1) is 5.41 Å². The van der Waals surface area contributed by atoms with Gasteiger partial charge in [0.1, 0.15) is 5.65 Å². The lowest BCUT2D eigenvalue weighted by Gasteiger charge is -2.41. The monoisotopic (exact) mass is 435 g/mol. The van der Waals surface area contributed by atoms with Crippen molar-refractivity contribution in [2.45, 2.75) is 41.7 Å². The summed E-state index contributed by atoms with van der Waals surface area (Å²) in [6.07, 6.45) is 11.7. The quantitative estimate of drug-likeness (QED) is 0.510. The van der Waals surface area contributed by atoms with Gasteiger partial charge in [0.15, 0.2) is 5.65 Å². The van der Waals surface area contributed by atoms with Crippen LogP contribution in [0.4, 0.5) is 5.95 Å². The average Bonchev–Trinajstić information content (AvgIpc) is 3.53. The minimum Gasteiger partial charge on any atom is -0.376 e. The summed E-state index contributed by atoms with van der Waals surface area (Å²) in [5, 5.41) is 1.10. The zero-order valence-electron chi connectivity index (χ0n) is 17.4. The van der Waals surface area contributed by atoms with E-state index in [0.29, 0.717) is 0 Å². The summed E-state index contributed by atoms with van der Waals surface area (Å²) in [6.45, 7) is 4.70. The van der Waals surface area contributed by atoms with Crippen LogP contribution < -0.4 is 10.6 Å². The van der Waals surface area contributed by atoms with Crippen LogP contribution in [0.3, 0.4) is 0 Å². The maximum atomic E-state index is 6.49. The van der Waals surface area contributed by atoms with E-state index in [9.17, 15) is 0 Å². The first-order valence-corrected chi connectivity index (χ1v) is 11.5. The van der Waals surface area contributed by atoms with Crippen LogP contribution in [0.5, 0.6) is 0 Å². The second kappa shape index (κ2) is 7.22. The van der Waals surface area contributed by atoms with E-state index in [2.05, 4.69) is 37.2 Å². The van der Waals surface area contributed by atoms with Crippen LogP contribution >= 0.6 is 11.8 Å². The second-order valence-corrected chi connectivity index (χ2v) is 9.67. The van der Waals surface area contributed by atoms with E-state index in [1.54, 1.807) is 11.8 Å². The molecule has 2 atom stereocenters. The number of aromatic amines is 1. The fourth-order valence-electron chi connectivity index (χ4n) is 4.96. The molecule has 2 saturated heterocycles. The molecule has 1 spiro atoms. The van der Waals surface area contributed by atoms with Gasteiger partial charge < -0.3 is 20.4 Å². The van der Waals surface area contributed by atoms with Crippen molar-refractivity contribution in [1.82, 2.24) is 24.3 Å². The number of anilines is 1. The molecule has 4 aromatic rings. The Morgan fingerprint density at radius 3 is 2.84 bits per heavy atom. The number of hydrogen-bond donors (Lipinski definition) is 2. The number of ether oxygens (including phenoxy) is 1. The molecule has 0 aliphatic carbocycles. The van der Waals surface area contributed by atoms with Crippen molar-refractivity contribution < 1.29 is 4.74 Å². The highest BCUT2D eigenvalue weighted by Crippen LogP contribution is 2.42. The molecule has 3 N–H and O–H groups in total. The number of hydrogen-bond acceptors (Lipinski definition) is 7. The Morgan fingerprint density at radius 2 is 2.03 bits per heavy atom. The molecule has 9 heteroatoms. The van der Waals surface area contributed by atoms with E-state index in [1.807, 2.05) is 37.1 Å². The van der Waals surface area contributed by atoms with Gasteiger partial charge in [0.25, 0.3) is 0 Å². The number of aromatic nitrogens is 5. The Bertz CT molecular complexity index is 1240. The van der Waals surface area contributed by atoms with E-state index in [1.165, 1.54) is 0 Å². The third-order valence-corrected chi connectivity index (χ3v) is 7.99. The topological polar surface area (TPSA) is 97.4 Å². The third kappa shape index (κ3) is 3.02. The van der Waals surface area contributed by atoms with Crippen molar-refractivity contribution in [3.8, 4) is 0 Å². The Balaban J connectivity index is 1.29. The Morgan fingerprint density at radius 1 is 1.16 bits per heavy atom. The normalized spacial score (nSPS) is 23.4. The highest BCUT2D eigenvalue weighted by Gasteiger charge is 2.47. The molecule has 0 aromatic carbocycles. The van der Waals surface area contributed by atoms with Gasteiger partial charge in [-0.2, -0.15) is 0 Å². The second-order valence-electron chi connectivity index (χ2n) is 8.59. The minimum atomic E-state index is 0.100. The number of nitrogens with two attached hydrogens (primary N) is 1. The summed E-state index contributed by atoms with van der Waals surface area (Å²) in [6, 6.07) is 4.20. The lowest BCUT2D eigenvalue weighted by atomic mass is 9.73. The number of nitrogens with one attached hydrogen (secondary N) is 1. The van der Waals surface area contributed by atoms with Gasteiger partial charge in [-0.1, -0.05) is 11.8 Å². The molecule has 2 fully saturated rings. The largest absolute Gasteiger partial charge is 0.376 e. The highest BCUT2D eigenvalue weighted by molar-refractivity contribution is 7.99. The van der Waals surface area contributed by atoms with E-state index in [4.69, 9.17) is 15.5 Å². The van der Waals surface area contributed by atoms with E-state index in [0.717, 1.165) is 65.0 Å². The van der Waals surface area contributed by atoms with Crippen LogP contribution in [-0.2, 0) is 4.74 Å². The predicted molar refractivity (Wildman–Crippen MR) is 120 cm³/mol. The summed E-state index contributed by atoms with van der Waals surface area (Å²) in [4.78, 5) is 21.6. The summed E-state index contributed by atoms with van der Waals surface area (Å²) < 4.78 is 7.97. The molecule has 8 nitrogen and oxygen atoms in total. The lowest BCUT2D eigenvalue weighted by molar-refractivity contribution is 0.0973. The van der Waals surface area contributed by atoms with Crippen LogP contribution in [0.25, 0.3) is 16.7 Å². The van der Waals surface area contributed by atoms with E-state index in [-0.39, 0.29) is 17.6 Å². The van der Waals surface area contributed by atoms with Crippen LogP contribution in [0.2, 0.25) is 0 Å². The Labute approximate surface area is 184 Å². The number of imidazole rings is 1. The predicted octanol–water partition coefficient (Wildman–Crippen LogP) is 3.09. The highest BCUT2D eigenvalue weighted by atomic mass is 32.2. The molecular formula is C22H25N7OS. The number of nitrogens with zero attached hydrogens (tertiary/aromatic N) is 5. The average molecular weight is 436 g/mol. The lowest BCUT2D eigenvalue weighted by Crippen LogP contribution is -2.51. The molecule has 31 heavy (non-hydrogen) atoms. The molecule has 6 rings (SSSR count). The molecule has 4 aromatic heterocycles. The smallest absolute Gasteiger partial charge is 0.211 e. The van der Waals surface area contributed by atoms with Gasteiger partial charge in [0.05, 0.1) is 17.6 Å². The zero-order valence-corrected chi connectivity index (χ0v) is 18.2. The van der Waals surface area contributed by atoms with Gasteiger partial charge in [0, 0.05) is 65.8 Å². The van der Waals surface area contributed by atoms with Crippen molar-refractivity contribution in [2.24, 2.45) is 11.1 Å². The first-order valence-electron chi connectivity index (χ1n) is 10.7. The van der Waals surface area contributed by atoms with Gasteiger partial charge >= 0.3 is 0 Å². The maximum Gasteiger partial charge on any atom is 0.211 e. The van der Waals surface area contributed by atoms with Gasteiger partial charge in [-0.05, 0) is 31.9 Å². The maximum absolute atomic E-state index is 6.49. The summed E-state index contributed by atoms with van der Waals surface area (Å²) in [7, 11) is 0. The summed E-state index contributed by atoms with van der Waals surface area (Å²) >= 11 is 1.67. The molecule has 2 aliphatic rings. The van der Waals surface area contributed by atoms with Crippen molar-refractivity contribution >= 4 is 34.4 Å². The molecule has 0 saturated carbocycles. The molecular weight excluding hydrogens is 410 g/mol. The molecule has 0 radical (unpaired) electrons. The fraction of sp³-hybridized carbons (Fsp3) is 0.409. The zero-order chi connectivity index (χ0) is 21.0. The Kier molecular flexibility index (Phi) is 4.45. The van der Waals surface area contributed by atoms with Gasteiger partial charge in [0.2, 0.25) is 5.95 Å². The number of pyridine rings is 1. The van der Waals surface area contributed by atoms with E-state index >= 15 is 0 Å². The number of H-pyrrole nitrogens is 1. The van der Waals surface area contributed by atoms with Gasteiger partial charge in [-0.15, -0.1) is 0 Å². The molecule has 2 aliphatic heterocycles. The van der Waals surface area contributed by atoms with Crippen molar-refractivity contribution in [1.29, 1.82) is 0 Å². The molecule has 0 bridgehead atoms. The number of rotatable bonds is 3. The van der Waals surface area contributed by atoms with Crippen molar-refractivity contribution in [2.75, 3.05) is 24.6 Å². The fourth-order valence-corrected chi connectivity index (χ4v) is 5.95. The van der Waals surface area contributed by atoms with Gasteiger partial charge in [-0.25, -0.2) is 15.0 Å². The molecule has 6 heterocycles. The van der Waals surface area contributed by atoms with Crippen LogP contribution in [-0.4, -0.2) is 56.2 Å². The van der Waals surface area contributed by atoms with Gasteiger partial charge in [-0.3, -0.25) is 4.40 Å². The number of fused-ring (bicyclic) bond motifs is 2. The third-order valence-electron chi connectivity index (χ3n) is 6.90. The molecule has 1 unspecified atom stereocenters. The van der Waals surface area contributed by atoms with Crippen LogP contribution in [0.1, 0.15) is 19.8 Å². The number of piperidine rings is 1. The van der Waals surface area contributed by atoms with Crippen molar-refractivity contribution in [3.63, 3.8) is 0 Å². The standard InChI is InChI=1S/C22H25N7OS/c1-14-18(23)22(13-30-14)4-9-28(10-5-22)21-27-12-17(20-26-8-11-29(20)21)31-16-3-7-25-19-15(16)2-6-24-19/h2-3,6-8,11-12,14,18H,4-5,9-10,13,23H2,1H3,(H,24,25)/t14-,18?/m0/s1.